The monoisotopic (exact) mass is 356 g/mol. The third-order valence-electron chi connectivity index (χ3n) is 3.84. The second kappa shape index (κ2) is 7.71. The minimum absolute atomic E-state index is 0.403. The van der Waals surface area contributed by atoms with Gasteiger partial charge < -0.3 is 10.2 Å². The average molecular weight is 357 g/mol. The largest absolute Gasteiger partial charge is 0.367 e. The third kappa shape index (κ3) is 3.92. The molecule has 1 heterocycles. The summed E-state index contributed by atoms with van der Waals surface area (Å²) in [5, 5.41) is 3.62. The van der Waals surface area contributed by atoms with Crippen molar-refractivity contribution in [1.82, 2.24) is 5.32 Å². The highest BCUT2D eigenvalue weighted by atomic mass is 79.9. The van der Waals surface area contributed by atoms with Gasteiger partial charge in [-0.1, -0.05) is 28.9 Å². The van der Waals surface area contributed by atoms with E-state index in [1.165, 1.54) is 33.7 Å². The topological polar surface area (TPSA) is 15.3 Å². The molecule has 1 aromatic rings. The second-order valence-electron chi connectivity index (χ2n) is 5.50. The van der Waals surface area contributed by atoms with E-state index in [-0.39, 0.29) is 0 Å². The fraction of sp³-hybridized carbons (Fsp3) is 0.625. The molecule has 1 saturated heterocycles. The molecule has 0 amide bonds. The maximum atomic E-state index is 3.63. The van der Waals surface area contributed by atoms with Crippen LogP contribution in [0, 0.1) is 0 Å². The van der Waals surface area contributed by atoms with E-state index in [4.69, 9.17) is 0 Å². The van der Waals surface area contributed by atoms with Gasteiger partial charge in [0, 0.05) is 40.3 Å². The van der Waals surface area contributed by atoms with Crippen LogP contribution < -0.4 is 10.2 Å². The molecule has 0 aromatic heterocycles. The van der Waals surface area contributed by atoms with E-state index in [1.807, 2.05) is 0 Å². The SMILES string of the molecule is CCCNC(C)c1ccc(Br)cc1N1CCSCC1C. The zero-order chi connectivity index (χ0) is 14.5. The van der Waals surface area contributed by atoms with E-state index >= 15 is 0 Å². The van der Waals surface area contributed by atoms with Gasteiger partial charge >= 0.3 is 0 Å². The van der Waals surface area contributed by atoms with E-state index in [0.29, 0.717) is 12.1 Å². The summed E-state index contributed by atoms with van der Waals surface area (Å²) >= 11 is 5.70. The first-order valence-corrected chi connectivity index (χ1v) is 9.45. The fourth-order valence-corrected chi connectivity index (χ4v) is 4.05. The zero-order valence-electron chi connectivity index (χ0n) is 12.7. The van der Waals surface area contributed by atoms with E-state index in [0.717, 1.165) is 13.1 Å². The number of nitrogens with one attached hydrogen (secondary N) is 1. The van der Waals surface area contributed by atoms with Crippen molar-refractivity contribution in [2.45, 2.75) is 39.3 Å². The van der Waals surface area contributed by atoms with Crippen molar-refractivity contribution in [1.29, 1.82) is 0 Å². The Kier molecular flexibility index (Phi) is 6.24. The standard InChI is InChI=1S/C16H25BrN2S/c1-4-7-18-13(3)15-6-5-14(17)10-16(15)19-8-9-20-11-12(19)2/h5-6,10,12-13,18H,4,7-9,11H2,1-3H3. The number of hydrogen-bond donors (Lipinski definition) is 1. The van der Waals surface area contributed by atoms with Gasteiger partial charge in [0.05, 0.1) is 0 Å². The molecule has 4 heteroatoms. The Morgan fingerprint density at radius 1 is 1.50 bits per heavy atom. The van der Waals surface area contributed by atoms with Gasteiger partial charge in [0.25, 0.3) is 0 Å². The van der Waals surface area contributed by atoms with Crippen molar-refractivity contribution < 1.29 is 0 Å². The number of hydrogen-bond acceptors (Lipinski definition) is 3. The molecule has 1 aliphatic rings. The van der Waals surface area contributed by atoms with E-state index in [9.17, 15) is 0 Å². The highest BCUT2D eigenvalue weighted by molar-refractivity contribution is 9.10. The zero-order valence-corrected chi connectivity index (χ0v) is 15.1. The molecular weight excluding hydrogens is 332 g/mol. The van der Waals surface area contributed by atoms with Crippen molar-refractivity contribution in [3.63, 3.8) is 0 Å². The van der Waals surface area contributed by atoms with Crippen LogP contribution in [0.4, 0.5) is 5.69 Å². The quantitative estimate of drug-likeness (QED) is 0.838. The maximum absolute atomic E-state index is 3.63. The van der Waals surface area contributed by atoms with Crippen LogP contribution in [0.5, 0.6) is 0 Å². The number of rotatable bonds is 5. The Balaban J connectivity index is 2.27. The molecule has 2 atom stereocenters. The van der Waals surface area contributed by atoms with Crippen LogP contribution in [-0.2, 0) is 0 Å². The molecule has 112 valence electrons. The molecule has 0 radical (unpaired) electrons. The van der Waals surface area contributed by atoms with Crippen molar-refractivity contribution in [3.8, 4) is 0 Å². The van der Waals surface area contributed by atoms with Crippen LogP contribution in [0.15, 0.2) is 22.7 Å². The molecule has 1 aliphatic heterocycles. The second-order valence-corrected chi connectivity index (χ2v) is 7.56. The summed E-state index contributed by atoms with van der Waals surface area (Å²) in [6.45, 7) is 9.04. The summed E-state index contributed by atoms with van der Waals surface area (Å²) < 4.78 is 1.17. The Bertz CT molecular complexity index is 438. The summed E-state index contributed by atoms with van der Waals surface area (Å²) in [5.41, 5.74) is 2.81. The Hall–Kier alpha value is -0.190. The van der Waals surface area contributed by atoms with E-state index < -0.39 is 0 Å². The minimum atomic E-state index is 0.403. The van der Waals surface area contributed by atoms with Crippen molar-refractivity contribution >= 4 is 33.4 Å². The number of thioether (sulfide) groups is 1. The molecular formula is C16H25BrN2S. The van der Waals surface area contributed by atoms with Gasteiger partial charge in [-0.05, 0) is 44.5 Å². The van der Waals surface area contributed by atoms with E-state index in [2.05, 4.69) is 76.9 Å². The first-order chi connectivity index (χ1) is 9.63. The number of nitrogens with zero attached hydrogens (tertiary/aromatic N) is 1. The average Bonchev–Trinajstić information content (AvgIpc) is 2.45. The summed E-state index contributed by atoms with van der Waals surface area (Å²) in [6.07, 6.45) is 1.17. The summed E-state index contributed by atoms with van der Waals surface area (Å²) in [7, 11) is 0. The lowest BCUT2D eigenvalue weighted by Crippen LogP contribution is -2.41. The maximum Gasteiger partial charge on any atom is 0.0428 e. The highest BCUT2D eigenvalue weighted by Gasteiger charge is 2.23. The predicted molar refractivity (Wildman–Crippen MR) is 95.0 cm³/mol. The summed E-state index contributed by atoms with van der Waals surface area (Å²) in [5.74, 6) is 2.45. The first kappa shape index (κ1) is 16.2. The summed E-state index contributed by atoms with van der Waals surface area (Å²) in [4.78, 5) is 2.57. The predicted octanol–water partition coefficient (Wildman–Crippen LogP) is 4.45. The van der Waals surface area contributed by atoms with Crippen molar-refractivity contribution in [3.05, 3.63) is 28.2 Å². The van der Waals surface area contributed by atoms with Gasteiger partial charge in [0.15, 0.2) is 0 Å². The van der Waals surface area contributed by atoms with Crippen molar-refractivity contribution in [2.75, 3.05) is 29.5 Å². The Morgan fingerprint density at radius 3 is 3.00 bits per heavy atom. The van der Waals surface area contributed by atoms with Crippen LogP contribution in [0.25, 0.3) is 0 Å². The smallest absolute Gasteiger partial charge is 0.0428 e. The molecule has 1 aromatic carbocycles. The number of anilines is 1. The molecule has 1 N–H and O–H groups in total. The molecule has 2 rings (SSSR count). The van der Waals surface area contributed by atoms with Gasteiger partial charge in [0.2, 0.25) is 0 Å². The summed E-state index contributed by atoms with van der Waals surface area (Å²) in [6, 6.07) is 7.72. The number of halogens is 1. The van der Waals surface area contributed by atoms with Crippen molar-refractivity contribution in [2.24, 2.45) is 0 Å². The van der Waals surface area contributed by atoms with Gasteiger partial charge in [-0.25, -0.2) is 0 Å². The molecule has 1 fully saturated rings. The Morgan fingerprint density at radius 2 is 2.30 bits per heavy atom. The number of benzene rings is 1. The fourth-order valence-electron chi connectivity index (χ4n) is 2.69. The lowest BCUT2D eigenvalue weighted by molar-refractivity contribution is 0.566. The third-order valence-corrected chi connectivity index (χ3v) is 5.52. The van der Waals surface area contributed by atoms with Gasteiger partial charge in [-0.2, -0.15) is 11.8 Å². The van der Waals surface area contributed by atoms with Crippen LogP contribution in [0.2, 0.25) is 0 Å². The highest BCUT2D eigenvalue weighted by Crippen LogP contribution is 2.33. The van der Waals surface area contributed by atoms with Crippen LogP contribution in [0.3, 0.4) is 0 Å². The lowest BCUT2D eigenvalue weighted by Gasteiger charge is -2.37. The van der Waals surface area contributed by atoms with Gasteiger partial charge in [-0.15, -0.1) is 0 Å². The molecule has 2 nitrogen and oxygen atoms in total. The molecule has 0 aliphatic carbocycles. The molecule has 0 saturated carbocycles. The molecule has 0 bridgehead atoms. The minimum Gasteiger partial charge on any atom is -0.367 e. The lowest BCUT2D eigenvalue weighted by atomic mass is 10.0. The van der Waals surface area contributed by atoms with E-state index in [1.54, 1.807) is 0 Å². The first-order valence-electron chi connectivity index (χ1n) is 7.50. The van der Waals surface area contributed by atoms with Crippen LogP contribution >= 0.6 is 27.7 Å². The molecule has 0 spiro atoms. The molecule has 20 heavy (non-hydrogen) atoms. The Labute approximate surface area is 135 Å². The van der Waals surface area contributed by atoms with Crippen LogP contribution in [-0.4, -0.2) is 30.6 Å². The molecule has 2 unspecified atom stereocenters. The van der Waals surface area contributed by atoms with Gasteiger partial charge in [-0.3, -0.25) is 0 Å². The van der Waals surface area contributed by atoms with Crippen LogP contribution in [0.1, 0.15) is 38.8 Å². The van der Waals surface area contributed by atoms with Gasteiger partial charge in [0.1, 0.15) is 0 Å². The normalized spacial score (nSPS) is 21.0.